The summed E-state index contributed by atoms with van der Waals surface area (Å²) in [6.45, 7) is 8.49. The van der Waals surface area contributed by atoms with E-state index in [2.05, 4.69) is 4.90 Å². The molecule has 1 atom stereocenters. The summed E-state index contributed by atoms with van der Waals surface area (Å²) >= 11 is 0. The number of nitrogens with zero attached hydrogens (tertiary/aromatic N) is 3. The molecule has 0 aliphatic carbocycles. The van der Waals surface area contributed by atoms with Gasteiger partial charge in [0.1, 0.15) is 0 Å². The molecule has 7 heteroatoms. The number of carbonyl (C=O) groups is 1. The number of nitro groups is 1. The maximum atomic E-state index is 12.7. The molecular formula is C18H27N3O4. The van der Waals surface area contributed by atoms with E-state index in [1.165, 1.54) is 6.07 Å². The Morgan fingerprint density at radius 3 is 2.40 bits per heavy atom. The minimum absolute atomic E-state index is 0.00538. The van der Waals surface area contributed by atoms with Gasteiger partial charge in [-0.2, -0.15) is 0 Å². The minimum atomic E-state index is -0.419. The lowest BCUT2D eigenvalue weighted by Gasteiger charge is -2.38. The van der Waals surface area contributed by atoms with Crippen molar-refractivity contribution in [3.8, 4) is 0 Å². The second-order valence-electron chi connectivity index (χ2n) is 6.76. The second kappa shape index (κ2) is 8.40. The van der Waals surface area contributed by atoms with E-state index in [1.807, 2.05) is 20.8 Å². The van der Waals surface area contributed by atoms with Gasteiger partial charge in [-0.3, -0.25) is 19.8 Å². The quantitative estimate of drug-likeness (QED) is 0.629. The number of hydrogen-bond donors (Lipinski definition) is 1. The molecule has 0 spiro atoms. The third kappa shape index (κ3) is 4.35. The SMILES string of the molecule is CC[C@H](CO)N1CCN(C(=O)c2ccc(C(C)C)c([N+](=O)[O-])c2)CC1. The molecule has 1 saturated heterocycles. The van der Waals surface area contributed by atoms with Gasteiger partial charge in [-0.1, -0.05) is 26.8 Å². The summed E-state index contributed by atoms with van der Waals surface area (Å²) in [5.41, 5.74) is 1.00. The smallest absolute Gasteiger partial charge is 0.273 e. The van der Waals surface area contributed by atoms with Crippen LogP contribution in [0.3, 0.4) is 0 Å². The van der Waals surface area contributed by atoms with Gasteiger partial charge in [0.05, 0.1) is 11.5 Å². The summed E-state index contributed by atoms with van der Waals surface area (Å²) in [5.74, 6) is -0.146. The van der Waals surface area contributed by atoms with Crippen molar-refractivity contribution in [3.05, 3.63) is 39.4 Å². The Kier molecular flexibility index (Phi) is 6.50. The summed E-state index contributed by atoms with van der Waals surface area (Å²) < 4.78 is 0. The molecule has 0 bridgehead atoms. The van der Waals surface area contributed by atoms with Crippen LogP contribution in [0.2, 0.25) is 0 Å². The molecular weight excluding hydrogens is 322 g/mol. The first kappa shape index (κ1) is 19.3. The third-order valence-corrected chi connectivity index (χ3v) is 4.90. The highest BCUT2D eigenvalue weighted by molar-refractivity contribution is 5.95. The molecule has 0 radical (unpaired) electrons. The highest BCUT2D eigenvalue weighted by Crippen LogP contribution is 2.28. The molecule has 25 heavy (non-hydrogen) atoms. The molecule has 2 rings (SSSR count). The van der Waals surface area contributed by atoms with Crippen LogP contribution in [0.5, 0.6) is 0 Å². The molecule has 7 nitrogen and oxygen atoms in total. The lowest BCUT2D eigenvalue weighted by Crippen LogP contribution is -2.52. The molecule has 0 aromatic heterocycles. The fourth-order valence-corrected chi connectivity index (χ4v) is 3.30. The second-order valence-corrected chi connectivity index (χ2v) is 6.76. The van der Waals surface area contributed by atoms with Crippen LogP contribution in [0.4, 0.5) is 5.69 Å². The Balaban J connectivity index is 2.11. The van der Waals surface area contributed by atoms with Gasteiger partial charge in [0.15, 0.2) is 0 Å². The number of benzene rings is 1. The summed E-state index contributed by atoms with van der Waals surface area (Å²) in [6, 6.07) is 4.89. The summed E-state index contributed by atoms with van der Waals surface area (Å²) in [6.07, 6.45) is 0.868. The molecule has 1 aromatic carbocycles. The van der Waals surface area contributed by atoms with Crippen LogP contribution in [0.1, 0.15) is 49.0 Å². The van der Waals surface area contributed by atoms with Gasteiger partial charge in [0.25, 0.3) is 11.6 Å². The highest BCUT2D eigenvalue weighted by Gasteiger charge is 2.27. The molecule has 138 valence electrons. The van der Waals surface area contributed by atoms with E-state index in [0.29, 0.717) is 37.3 Å². The monoisotopic (exact) mass is 349 g/mol. The van der Waals surface area contributed by atoms with Gasteiger partial charge in [0.2, 0.25) is 0 Å². The fraction of sp³-hybridized carbons (Fsp3) is 0.611. The van der Waals surface area contributed by atoms with Crippen molar-refractivity contribution in [2.45, 2.75) is 39.2 Å². The first-order valence-electron chi connectivity index (χ1n) is 8.81. The molecule has 0 unspecified atom stereocenters. The van der Waals surface area contributed by atoms with Crippen LogP contribution in [0, 0.1) is 10.1 Å². The number of hydrogen-bond acceptors (Lipinski definition) is 5. The van der Waals surface area contributed by atoms with Crippen molar-refractivity contribution >= 4 is 11.6 Å². The Morgan fingerprint density at radius 1 is 1.28 bits per heavy atom. The van der Waals surface area contributed by atoms with Crippen LogP contribution < -0.4 is 0 Å². The maximum Gasteiger partial charge on any atom is 0.273 e. The fourth-order valence-electron chi connectivity index (χ4n) is 3.30. The molecule has 1 aliphatic rings. The topological polar surface area (TPSA) is 86.9 Å². The molecule has 1 fully saturated rings. The Hall–Kier alpha value is -1.99. The van der Waals surface area contributed by atoms with Crippen molar-refractivity contribution in [2.24, 2.45) is 0 Å². The first-order chi connectivity index (χ1) is 11.9. The number of rotatable bonds is 6. The van der Waals surface area contributed by atoms with Crippen LogP contribution in [-0.2, 0) is 0 Å². The van der Waals surface area contributed by atoms with Crippen LogP contribution >= 0.6 is 0 Å². The predicted octanol–water partition coefficient (Wildman–Crippen LogP) is 2.25. The Bertz CT molecular complexity index is 621. The molecule has 1 amide bonds. The lowest BCUT2D eigenvalue weighted by atomic mass is 9.99. The number of piperazine rings is 1. The van der Waals surface area contributed by atoms with Gasteiger partial charge >= 0.3 is 0 Å². The number of carbonyl (C=O) groups excluding carboxylic acids is 1. The number of nitro benzene ring substituents is 1. The summed E-state index contributed by atoms with van der Waals surface area (Å²) in [4.78, 5) is 27.5. The van der Waals surface area contributed by atoms with Gasteiger partial charge < -0.3 is 10.0 Å². The van der Waals surface area contributed by atoms with Crippen molar-refractivity contribution in [1.29, 1.82) is 0 Å². The molecule has 1 aromatic rings. The zero-order valence-electron chi connectivity index (χ0n) is 15.1. The van der Waals surface area contributed by atoms with Crippen molar-refractivity contribution in [2.75, 3.05) is 32.8 Å². The Morgan fingerprint density at radius 2 is 1.92 bits per heavy atom. The molecule has 0 saturated carbocycles. The average Bonchev–Trinajstić information content (AvgIpc) is 2.62. The van der Waals surface area contributed by atoms with Crippen LogP contribution in [-0.4, -0.2) is 64.6 Å². The van der Waals surface area contributed by atoms with Crippen molar-refractivity contribution < 1.29 is 14.8 Å². The van der Waals surface area contributed by atoms with Gasteiger partial charge in [-0.05, 0) is 18.4 Å². The predicted molar refractivity (Wildman–Crippen MR) is 95.8 cm³/mol. The van der Waals surface area contributed by atoms with Gasteiger partial charge in [-0.15, -0.1) is 0 Å². The zero-order chi connectivity index (χ0) is 18.6. The van der Waals surface area contributed by atoms with Crippen molar-refractivity contribution in [1.82, 2.24) is 9.80 Å². The van der Waals surface area contributed by atoms with Crippen LogP contribution in [0.15, 0.2) is 18.2 Å². The third-order valence-electron chi connectivity index (χ3n) is 4.90. The average molecular weight is 349 g/mol. The van der Waals surface area contributed by atoms with Gasteiger partial charge in [0, 0.05) is 49.4 Å². The first-order valence-corrected chi connectivity index (χ1v) is 8.81. The molecule has 1 aliphatic heterocycles. The van der Waals surface area contributed by atoms with E-state index in [0.717, 1.165) is 6.42 Å². The van der Waals surface area contributed by atoms with E-state index in [4.69, 9.17) is 0 Å². The van der Waals surface area contributed by atoms with E-state index in [9.17, 15) is 20.0 Å². The van der Waals surface area contributed by atoms with E-state index >= 15 is 0 Å². The lowest BCUT2D eigenvalue weighted by molar-refractivity contribution is -0.385. The van der Waals surface area contributed by atoms with Gasteiger partial charge in [-0.25, -0.2) is 0 Å². The van der Waals surface area contributed by atoms with Crippen LogP contribution in [0.25, 0.3) is 0 Å². The Labute approximate surface area is 148 Å². The number of aliphatic hydroxyl groups is 1. The molecule has 1 heterocycles. The highest BCUT2D eigenvalue weighted by atomic mass is 16.6. The standard InChI is InChI=1S/C18H27N3O4/c1-4-15(12-22)19-7-9-20(10-8-19)18(23)14-5-6-16(13(2)3)17(11-14)21(24)25/h5-6,11,13,15,22H,4,7-10,12H2,1-3H3/t15-/m1/s1. The summed E-state index contributed by atoms with van der Waals surface area (Å²) in [7, 11) is 0. The van der Waals surface area contributed by atoms with Crippen molar-refractivity contribution in [3.63, 3.8) is 0 Å². The zero-order valence-corrected chi connectivity index (χ0v) is 15.1. The van der Waals surface area contributed by atoms with E-state index in [-0.39, 0.29) is 30.2 Å². The van der Waals surface area contributed by atoms with E-state index in [1.54, 1.807) is 17.0 Å². The number of amides is 1. The number of aliphatic hydroxyl groups excluding tert-OH is 1. The van der Waals surface area contributed by atoms with E-state index < -0.39 is 4.92 Å². The summed E-state index contributed by atoms with van der Waals surface area (Å²) in [5, 5.41) is 20.7. The molecule has 1 N–H and O–H groups in total. The normalized spacial score (nSPS) is 16.9. The largest absolute Gasteiger partial charge is 0.395 e. The maximum absolute atomic E-state index is 12.7. The minimum Gasteiger partial charge on any atom is -0.395 e.